The summed E-state index contributed by atoms with van der Waals surface area (Å²) < 4.78 is 16.9. The molecule has 0 radical (unpaired) electrons. The summed E-state index contributed by atoms with van der Waals surface area (Å²) in [6.45, 7) is 6.40. The molecule has 0 aliphatic heterocycles. The summed E-state index contributed by atoms with van der Waals surface area (Å²) in [6.07, 6.45) is 80.8. The Morgan fingerprint density at radius 3 is 0.847 bits per heavy atom. The number of ether oxygens (including phenoxy) is 3. The number of rotatable bonds is 53. The lowest BCUT2D eigenvalue weighted by molar-refractivity contribution is -0.167. The maximum Gasteiger partial charge on any atom is 0.306 e. The van der Waals surface area contributed by atoms with E-state index in [0.717, 1.165) is 135 Å². The van der Waals surface area contributed by atoms with E-state index in [1.165, 1.54) is 96.3 Å². The lowest BCUT2D eigenvalue weighted by Crippen LogP contribution is -2.30. The van der Waals surface area contributed by atoms with Crippen LogP contribution in [0.2, 0.25) is 0 Å². The van der Waals surface area contributed by atoms with Crippen LogP contribution < -0.4 is 0 Å². The molecule has 410 valence electrons. The minimum Gasteiger partial charge on any atom is -0.462 e. The molecule has 1 atom stereocenters. The number of allylic oxidation sites excluding steroid dienone is 18. The molecule has 0 aliphatic rings. The lowest BCUT2D eigenvalue weighted by Gasteiger charge is -2.18. The normalized spacial score (nSPS) is 12.9. The number of esters is 3. The van der Waals surface area contributed by atoms with Crippen LogP contribution in [-0.4, -0.2) is 37.2 Å². The molecule has 72 heavy (non-hydrogen) atoms. The van der Waals surface area contributed by atoms with Crippen LogP contribution >= 0.6 is 0 Å². The Labute approximate surface area is 444 Å². The van der Waals surface area contributed by atoms with Gasteiger partial charge < -0.3 is 14.2 Å². The maximum absolute atomic E-state index is 12.9. The van der Waals surface area contributed by atoms with Crippen molar-refractivity contribution in [3.63, 3.8) is 0 Å². The smallest absolute Gasteiger partial charge is 0.306 e. The molecule has 0 rings (SSSR count). The molecule has 0 aromatic carbocycles. The molecule has 0 N–H and O–H groups in total. The van der Waals surface area contributed by atoms with E-state index in [4.69, 9.17) is 14.2 Å². The van der Waals surface area contributed by atoms with E-state index in [2.05, 4.69) is 130 Å². The molecule has 0 bridgehead atoms. The number of unbranched alkanes of at least 4 members (excludes halogenated alkanes) is 24. The largest absolute Gasteiger partial charge is 0.462 e. The van der Waals surface area contributed by atoms with Gasteiger partial charge in [0.15, 0.2) is 6.10 Å². The van der Waals surface area contributed by atoms with E-state index >= 15 is 0 Å². The molecule has 0 saturated heterocycles. The second kappa shape index (κ2) is 59.6. The maximum atomic E-state index is 12.9. The van der Waals surface area contributed by atoms with Crippen LogP contribution in [0.1, 0.15) is 271 Å². The highest BCUT2D eigenvalue weighted by molar-refractivity contribution is 5.71. The molecule has 0 aromatic rings. The molecule has 0 heterocycles. The van der Waals surface area contributed by atoms with E-state index in [0.29, 0.717) is 19.3 Å². The van der Waals surface area contributed by atoms with Crippen molar-refractivity contribution in [3.05, 3.63) is 109 Å². The van der Waals surface area contributed by atoms with Crippen LogP contribution in [0.4, 0.5) is 0 Å². The predicted octanol–water partition coefficient (Wildman–Crippen LogP) is 20.3. The summed E-state index contributed by atoms with van der Waals surface area (Å²) in [5, 5.41) is 0. The fourth-order valence-corrected chi connectivity index (χ4v) is 8.11. The van der Waals surface area contributed by atoms with Crippen molar-refractivity contribution < 1.29 is 28.6 Å². The Balaban J connectivity index is 4.37. The molecule has 0 amide bonds. The minimum absolute atomic E-state index is 0.0861. The third-order valence-corrected chi connectivity index (χ3v) is 12.5. The fraction of sp³-hybridized carbons (Fsp3) is 0.682. The third kappa shape index (κ3) is 57.0. The second-order valence-electron chi connectivity index (χ2n) is 19.5. The van der Waals surface area contributed by atoms with E-state index in [9.17, 15) is 14.4 Å². The van der Waals surface area contributed by atoms with Gasteiger partial charge in [-0.2, -0.15) is 0 Å². The summed E-state index contributed by atoms with van der Waals surface area (Å²) >= 11 is 0. The molecule has 0 aromatic heterocycles. The Hall–Kier alpha value is -3.93. The topological polar surface area (TPSA) is 78.9 Å². The van der Waals surface area contributed by atoms with Crippen LogP contribution in [0.3, 0.4) is 0 Å². The molecule has 0 aliphatic carbocycles. The van der Waals surface area contributed by atoms with Gasteiger partial charge in [0.25, 0.3) is 0 Å². The fourth-order valence-electron chi connectivity index (χ4n) is 8.11. The van der Waals surface area contributed by atoms with Gasteiger partial charge >= 0.3 is 17.9 Å². The standard InChI is InChI=1S/C66H110O6/c1-4-7-10-13-16-19-22-25-27-29-30-31-32-33-34-35-36-38-39-41-44-47-50-53-56-59-65(68)71-62-63(61-70-64(67)58-55-52-49-46-43-24-21-18-15-12-9-6-3)72-66(69)60-57-54-51-48-45-42-40-37-28-26-23-20-17-14-11-8-5-2/h7-8,10-11,16-17,19-20,25-28,30-31,33-34,36,38,63H,4-6,9,12-15,18,21-24,29,32,35,37,39-62H2,1-3H3/b10-7-,11-8-,19-16-,20-17-,27-25-,28-26-,31-30-,34-33-,38-36-. The van der Waals surface area contributed by atoms with E-state index in [-0.39, 0.29) is 31.1 Å². The number of carbonyl (C=O) groups excluding carboxylic acids is 3. The second-order valence-corrected chi connectivity index (χ2v) is 19.5. The summed E-state index contributed by atoms with van der Waals surface area (Å²) in [4.78, 5) is 38.2. The molecular weight excluding hydrogens is 889 g/mol. The Bertz CT molecular complexity index is 1470. The Morgan fingerprint density at radius 1 is 0.292 bits per heavy atom. The first-order valence-corrected chi connectivity index (χ1v) is 29.9. The summed E-state index contributed by atoms with van der Waals surface area (Å²) in [6, 6.07) is 0. The first kappa shape index (κ1) is 68.1. The first-order valence-electron chi connectivity index (χ1n) is 29.9. The molecule has 6 nitrogen and oxygen atoms in total. The Kier molecular flexibility index (Phi) is 56.4. The zero-order valence-corrected chi connectivity index (χ0v) is 46.9. The van der Waals surface area contributed by atoms with Crippen molar-refractivity contribution in [2.24, 2.45) is 0 Å². The van der Waals surface area contributed by atoms with Crippen molar-refractivity contribution >= 4 is 17.9 Å². The predicted molar refractivity (Wildman–Crippen MR) is 311 cm³/mol. The minimum atomic E-state index is -0.790. The highest BCUT2D eigenvalue weighted by Gasteiger charge is 2.19. The first-order chi connectivity index (χ1) is 35.5. The summed E-state index contributed by atoms with van der Waals surface area (Å²) in [7, 11) is 0. The van der Waals surface area contributed by atoms with Crippen LogP contribution in [0.15, 0.2) is 109 Å². The number of hydrogen-bond donors (Lipinski definition) is 0. The lowest BCUT2D eigenvalue weighted by atomic mass is 10.0. The molecule has 6 heteroatoms. The van der Waals surface area contributed by atoms with E-state index in [1.807, 2.05) is 0 Å². The van der Waals surface area contributed by atoms with Crippen molar-refractivity contribution in [2.45, 2.75) is 277 Å². The average molecular weight is 1000 g/mol. The number of carbonyl (C=O) groups is 3. The van der Waals surface area contributed by atoms with Gasteiger partial charge in [0.1, 0.15) is 13.2 Å². The van der Waals surface area contributed by atoms with Gasteiger partial charge in [0.2, 0.25) is 0 Å². The zero-order chi connectivity index (χ0) is 52.2. The van der Waals surface area contributed by atoms with Gasteiger partial charge in [0, 0.05) is 19.3 Å². The van der Waals surface area contributed by atoms with Crippen LogP contribution in [0, 0.1) is 0 Å². The van der Waals surface area contributed by atoms with Gasteiger partial charge in [-0.3, -0.25) is 14.4 Å². The molecule has 0 saturated carbocycles. The van der Waals surface area contributed by atoms with Gasteiger partial charge in [0.05, 0.1) is 0 Å². The molecule has 1 unspecified atom stereocenters. The third-order valence-electron chi connectivity index (χ3n) is 12.5. The highest BCUT2D eigenvalue weighted by Crippen LogP contribution is 2.15. The van der Waals surface area contributed by atoms with Crippen molar-refractivity contribution in [1.29, 1.82) is 0 Å². The average Bonchev–Trinajstić information content (AvgIpc) is 3.38. The Morgan fingerprint density at radius 2 is 0.542 bits per heavy atom. The van der Waals surface area contributed by atoms with Crippen molar-refractivity contribution in [1.82, 2.24) is 0 Å². The van der Waals surface area contributed by atoms with Gasteiger partial charge in [-0.05, 0) is 103 Å². The van der Waals surface area contributed by atoms with Crippen molar-refractivity contribution in [2.75, 3.05) is 13.2 Å². The van der Waals surface area contributed by atoms with Crippen LogP contribution in [-0.2, 0) is 28.6 Å². The van der Waals surface area contributed by atoms with Crippen LogP contribution in [0.25, 0.3) is 0 Å². The number of hydrogen-bond acceptors (Lipinski definition) is 6. The highest BCUT2D eigenvalue weighted by atomic mass is 16.6. The van der Waals surface area contributed by atoms with Crippen molar-refractivity contribution in [3.8, 4) is 0 Å². The van der Waals surface area contributed by atoms with E-state index in [1.54, 1.807) is 0 Å². The molecular formula is C66H110O6. The monoisotopic (exact) mass is 999 g/mol. The van der Waals surface area contributed by atoms with Gasteiger partial charge in [-0.1, -0.05) is 259 Å². The summed E-state index contributed by atoms with van der Waals surface area (Å²) in [5.74, 6) is -0.908. The molecule has 0 fully saturated rings. The molecule has 0 spiro atoms. The quantitative estimate of drug-likeness (QED) is 0.0261. The van der Waals surface area contributed by atoms with E-state index < -0.39 is 6.10 Å². The zero-order valence-electron chi connectivity index (χ0n) is 46.9. The SMILES string of the molecule is CC/C=C\C/C=C\C/C=C\C/C=C\C/C=C\C/C=C\CCCCCCCCC(=O)OCC(COC(=O)CCCCCCCCCCCCCC)OC(=O)CCCCCCCCC/C=C\C/C=C\C/C=C\CC. The summed E-state index contributed by atoms with van der Waals surface area (Å²) in [5.41, 5.74) is 0. The van der Waals surface area contributed by atoms with Gasteiger partial charge in [-0.25, -0.2) is 0 Å². The van der Waals surface area contributed by atoms with Gasteiger partial charge in [-0.15, -0.1) is 0 Å². The van der Waals surface area contributed by atoms with Crippen LogP contribution in [0.5, 0.6) is 0 Å².